The van der Waals surface area contributed by atoms with Gasteiger partial charge in [-0.15, -0.1) is 0 Å². The van der Waals surface area contributed by atoms with E-state index < -0.39 is 18.2 Å². The van der Waals surface area contributed by atoms with Crippen LogP contribution < -0.4 is 0 Å². The number of benzene rings is 1. The lowest BCUT2D eigenvalue weighted by Crippen LogP contribution is -2.21. The molecular formula is C10H10BrN3O4. The minimum atomic E-state index is -1.33. The van der Waals surface area contributed by atoms with Gasteiger partial charge in [0.15, 0.2) is 0 Å². The average molecular weight is 316 g/mol. The van der Waals surface area contributed by atoms with Crippen LogP contribution >= 0.6 is 15.9 Å². The number of hydrogen-bond donors (Lipinski definition) is 3. The Morgan fingerprint density at radius 1 is 1.44 bits per heavy atom. The Balaban J connectivity index is 3.01. The summed E-state index contributed by atoms with van der Waals surface area (Å²) in [4.78, 5) is 13.3. The molecule has 8 heteroatoms. The maximum Gasteiger partial charge on any atom is 0.335 e. The molecule has 1 aromatic carbocycles. The second-order valence-electron chi connectivity index (χ2n) is 3.50. The zero-order valence-corrected chi connectivity index (χ0v) is 10.6. The Bertz CT molecular complexity index is 502. The predicted molar refractivity (Wildman–Crippen MR) is 66.1 cm³/mol. The van der Waals surface area contributed by atoms with Crippen LogP contribution in [0.15, 0.2) is 27.8 Å². The highest BCUT2D eigenvalue weighted by Crippen LogP contribution is 2.23. The van der Waals surface area contributed by atoms with E-state index in [1.165, 1.54) is 18.2 Å². The van der Waals surface area contributed by atoms with Crippen LogP contribution in [0.25, 0.3) is 10.4 Å². The van der Waals surface area contributed by atoms with Gasteiger partial charge in [-0.3, -0.25) is 0 Å². The summed E-state index contributed by atoms with van der Waals surface area (Å²) in [5.74, 6) is -1.14. The molecule has 0 heterocycles. The molecule has 1 rings (SSSR count). The summed E-state index contributed by atoms with van der Waals surface area (Å²) < 4.78 is 0.465. The monoisotopic (exact) mass is 315 g/mol. The van der Waals surface area contributed by atoms with E-state index in [0.717, 1.165) is 0 Å². The van der Waals surface area contributed by atoms with E-state index in [1.54, 1.807) is 0 Å². The van der Waals surface area contributed by atoms with Crippen LogP contribution in [0.2, 0.25) is 0 Å². The second-order valence-corrected chi connectivity index (χ2v) is 4.42. The van der Waals surface area contributed by atoms with Crippen LogP contribution in [0.3, 0.4) is 0 Å². The van der Waals surface area contributed by atoms with Crippen molar-refractivity contribution in [1.82, 2.24) is 0 Å². The Morgan fingerprint density at radius 2 is 2.11 bits per heavy atom. The van der Waals surface area contributed by atoms with Crippen molar-refractivity contribution in [1.29, 1.82) is 0 Å². The molecular weight excluding hydrogens is 306 g/mol. The molecule has 0 radical (unpaired) electrons. The third-order valence-electron chi connectivity index (χ3n) is 2.21. The number of azide groups is 1. The topological polar surface area (TPSA) is 127 Å². The van der Waals surface area contributed by atoms with Gasteiger partial charge in [0.05, 0.1) is 18.2 Å². The van der Waals surface area contributed by atoms with Crippen molar-refractivity contribution < 1.29 is 20.1 Å². The predicted octanol–water partition coefficient (Wildman–Crippen LogP) is 1.85. The Morgan fingerprint density at radius 3 is 2.67 bits per heavy atom. The summed E-state index contributed by atoms with van der Waals surface area (Å²) in [6.45, 7) is -0.299. The van der Waals surface area contributed by atoms with Crippen LogP contribution in [0, 0.1) is 0 Å². The molecule has 96 valence electrons. The first kappa shape index (κ1) is 14.5. The Labute approximate surface area is 110 Å². The first-order valence-corrected chi connectivity index (χ1v) is 5.65. The number of carboxylic acid groups (broad SMARTS) is 1. The molecule has 0 saturated heterocycles. The lowest BCUT2D eigenvalue weighted by Gasteiger charge is -2.17. The number of halogens is 1. The number of aliphatic hydroxyl groups excluding tert-OH is 2. The number of rotatable bonds is 5. The van der Waals surface area contributed by atoms with Gasteiger partial charge < -0.3 is 15.3 Å². The summed E-state index contributed by atoms with van der Waals surface area (Å²) in [7, 11) is 0. The molecule has 0 aliphatic carbocycles. The minimum Gasteiger partial charge on any atom is -0.478 e. The molecule has 18 heavy (non-hydrogen) atoms. The number of carboxylic acids is 1. The molecule has 0 aromatic heterocycles. The number of aliphatic hydroxyl groups is 2. The highest BCUT2D eigenvalue weighted by atomic mass is 79.9. The van der Waals surface area contributed by atoms with E-state index in [4.69, 9.17) is 10.6 Å². The Kier molecular flexibility index (Phi) is 5.11. The second kappa shape index (κ2) is 6.36. The third-order valence-corrected chi connectivity index (χ3v) is 2.66. The van der Waals surface area contributed by atoms with Crippen molar-refractivity contribution in [2.45, 2.75) is 12.2 Å². The molecule has 1 aromatic rings. The zero-order valence-electron chi connectivity index (χ0n) is 9.06. The van der Waals surface area contributed by atoms with Gasteiger partial charge in [-0.05, 0) is 29.3 Å². The van der Waals surface area contributed by atoms with Crippen molar-refractivity contribution in [2.75, 3.05) is 6.54 Å². The number of hydrogen-bond acceptors (Lipinski definition) is 4. The number of carbonyl (C=O) groups is 1. The maximum atomic E-state index is 10.8. The molecule has 3 N–H and O–H groups in total. The highest BCUT2D eigenvalue weighted by Gasteiger charge is 2.19. The molecule has 2 unspecified atom stereocenters. The first-order chi connectivity index (χ1) is 8.45. The van der Waals surface area contributed by atoms with Gasteiger partial charge in [0, 0.05) is 9.38 Å². The molecule has 2 atom stereocenters. The summed E-state index contributed by atoms with van der Waals surface area (Å²) in [6, 6.07) is 4.10. The summed E-state index contributed by atoms with van der Waals surface area (Å²) in [6.07, 6.45) is -2.62. The summed E-state index contributed by atoms with van der Waals surface area (Å²) >= 11 is 3.11. The first-order valence-electron chi connectivity index (χ1n) is 4.86. The molecule has 0 amide bonds. The van der Waals surface area contributed by atoms with Crippen LogP contribution in [-0.4, -0.2) is 33.9 Å². The van der Waals surface area contributed by atoms with E-state index in [2.05, 4.69) is 26.0 Å². The standard InChI is InChI=1S/C10H10BrN3O4/c11-7-2-5(1-6(3-7)10(17)18)9(16)8(15)4-13-14-12/h1-3,8-9,15-16H,4H2,(H,17,18). The molecule has 0 bridgehead atoms. The van der Waals surface area contributed by atoms with E-state index in [0.29, 0.717) is 4.47 Å². The van der Waals surface area contributed by atoms with E-state index in [9.17, 15) is 15.0 Å². The normalized spacial score (nSPS) is 13.5. The molecule has 7 nitrogen and oxygen atoms in total. The molecule has 0 aliphatic heterocycles. The summed E-state index contributed by atoms with van der Waals surface area (Å²) in [5.41, 5.74) is 8.31. The Hall–Kier alpha value is -1.60. The van der Waals surface area contributed by atoms with Crippen molar-refractivity contribution >= 4 is 21.9 Å². The van der Waals surface area contributed by atoms with Gasteiger partial charge in [-0.2, -0.15) is 0 Å². The molecule has 0 fully saturated rings. The number of nitrogens with zero attached hydrogens (tertiary/aromatic N) is 3. The van der Waals surface area contributed by atoms with Crippen molar-refractivity contribution in [3.8, 4) is 0 Å². The third kappa shape index (κ3) is 3.71. The van der Waals surface area contributed by atoms with Gasteiger partial charge in [0.25, 0.3) is 0 Å². The van der Waals surface area contributed by atoms with E-state index in [-0.39, 0.29) is 17.7 Å². The fraction of sp³-hybridized carbons (Fsp3) is 0.300. The van der Waals surface area contributed by atoms with Crippen LogP contribution in [-0.2, 0) is 0 Å². The summed E-state index contributed by atoms with van der Waals surface area (Å²) in [5, 5.41) is 31.3. The van der Waals surface area contributed by atoms with Crippen LogP contribution in [0.5, 0.6) is 0 Å². The molecule has 0 spiro atoms. The molecule has 0 saturated carbocycles. The van der Waals surface area contributed by atoms with Gasteiger partial charge in [0.1, 0.15) is 6.10 Å². The van der Waals surface area contributed by atoms with Gasteiger partial charge in [-0.1, -0.05) is 21.0 Å². The fourth-order valence-electron chi connectivity index (χ4n) is 1.35. The zero-order chi connectivity index (χ0) is 13.7. The van der Waals surface area contributed by atoms with Crippen LogP contribution in [0.1, 0.15) is 22.0 Å². The van der Waals surface area contributed by atoms with E-state index in [1.807, 2.05) is 0 Å². The lowest BCUT2D eigenvalue weighted by molar-refractivity contribution is 0.0243. The SMILES string of the molecule is [N-]=[N+]=NCC(O)C(O)c1cc(Br)cc(C(=O)O)c1. The smallest absolute Gasteiger partial charge is 0.335 e. The fourth-order valence-corrected chi connectivity index (χ4v) is 1.86. The van der Waals surface area contributed by atoms with Gasteiger partial charge in [-0.25, -0.2) is 4.79 Å². The van der Waals surface area contributed by atoms with E-state index >= 15 is 0 Å². The van der Waals surface area contributed by atoms with Crippen molar-refractivity contribution in [3.05, 3.63) is 44.2 Å². The molecule has 0 aliphatic rings. The average Bonchev–Trinajstić information content (AvgIpc) is 2.34. The number of aromatic carboxylic acids is 1. The van der Waals surface area contributed by atoms with Gasteiger partial charge >= 0.3 is 5.97 Å². The highest BCUT2D eigenvalue weighted by molar-refractivity contribution is 9.10. The van der Waals surface area contributed by atoms with Crippen LogP contribution in [0.4, 0.5) is 0 Å². The quantitative estimate of drug-likeness (QED) is 0.435. The van der Waals surface area contributed by atoms with Crippen molar-refractivity contribution in [3.63, 3.8) is 0 Å². The van der Waals surface area contributed by atoms with Crippen molar-refractivity contribution in [2.24, 2.45) is 5.11 Å². The lowest BCUT2D eigenvalue weighted by atomic mass is 10.0. The minimum absolute atomic E-state index is 0.0191. The van der Waals surface area contributed by atoms with Gasteiger partial charge in [0.2, 0.25) is 0 Å². The largest absolute Gasteiger partial charge is 0.478 e. The maximum absolute atomic E-state index is 10.8.